The largest absolute Gasteiger partial charge is 0.481 e. The number of hydrogen-bond acceptors (Lipinski definition) is 2. The average molecular weight is 229 g/mol. The number of carbonyl (C=O) groups is 1. The molecule has 0 saturated heterocycles. The summed E-state index contributed by atoms with van der Waals surface area (Å²) in [6, 6.07) is 9.77. The molecular formula is C14H15NO2. The molecule has 88 valence electrons. The minimum absolute atomic E-state index is 0.0999. The first kappa shape index (κ1) is 11.6. The highest BCUT2D eigenvalue weighted by Crippen LogP contribution is 2.31. The van der Waals surface area contributed by atoms with Crippen LogP contribution in [0.25, 0.3) is 10.9 Å². The van der Waals surface area contributed by atoms with E-state index >= 15 is 0 Å². The Morgan fingerprint density at radius 3 is 2.71 bits per heavy atom. The lowest BCUT2D eigenvalue weighted by Gasteiger charge is -2.24. The SMILES string of the molecule is CC(C)(CC(=O)O)c1cccc2cccnc12. The van der Waals surface area contributed by atoms with Crippen molar-refractivity contribution >= 4 is 16.9 Å². The number of nitrogens with zero attached hydrogens (tertiary/aromatic N) is 1. The van der Waals surface area contributed by atoms with E-state index in [1.807, 2.05) is 44.2 Å². The van der Waals surface area contributed by atoms with E-state index in [-0.39, 0.29) is 6.42 Å². The molecule has 17 heavy (non-hydrogen) atoms. The summed E-state index contributed by atoms with van der Waals surface area (Å²) in [4.78, 5) is 15.3. The Labute approximate surface area is 100 Å². The number of fused-ring (bicyclic) bond motifs is 1. The van der Waals surface area contributed by atoms with Crippen LogP contribution < -0.4 is 0 Å². The number of para-hydroxylation sites is 1. The van der Waals surface area contributed by atoms with Crippen molar-refractivity contribution in [3.05, 3.63) is 42.1 Å². The van der Waals surface area contributed by atoms with Crippen LogP contribution in [0.2, 0.25) is 0 Å². The maximum Gasteiger partial charge on any atom is 0.304 e. The fourth-order valence-electron chi connectivity index (χ4n) is 2.12. The van der Waals surface area contributed by atoms with Gasteiger partial charge in [-0.15, -0.1) is 0 Å². The van der Waals surface area contributed by atoms with Crippen molar-refractivity contribution in [2.24, 2.45) is 0 Å². The molecule has 1 N–H and O–H groups in total. The number of aromatic nitrogens is 1. The van der Waals surface area contributed by atoms with Gasteiger partial charge in [-0.2, -0.15) is 0 Å². The number of benzene rings is 1. The minimum atomic E-state index is -0.789. The Bertz CT molecular complexity index is 556. The van der Waals surface area contributed by atoms with Crippen LogP contribution in [0.15, 0.2) is 36.5 Å². The van der Waals surface area contributed by atoms with Gasteiger partial charge in [0.2, 0.25) is 0 Å². The molecule has 3 nitrogen and oxygen atoms in total. The summed E-state index contributed by atoms with van der Waals surface area (Å²) in [5.41, 5.74) is 1.46. The van der Waals surface area contributed by atoms with Crippen LogP contribution in [0.4, 0.5) is 0 Å². The van der Waals surface area contributed by atoms with Gasteiger partial charge in [0.15, 0.2) is 0 Å². The van der Waals surface area contributed by atoms with Crippen LogP contribution in [-0.2, 0) is 10.2 Å². The third-order valence-corrected chi connectivity index (χ3v) is 2.96. The first-order valence-electron chi connectivity index (χ1n) is 5.57. The Kier molecular flexibility index (Phi) is 2.84. The van der Waals surface area contributed by atoms with Crippen molar-refractivity contribution in [2.75, 3.05) is 0 Å². The van der Waals surface area contributed by atoms with Crippen LogP contribution in [0.1, 0.15) is 25.8 Å². The van der Waals surface area contributed by atoms with Crippen LogP contribution in [0.3, 0.4) is 0 Å². The summed E-state index contributed by atoms with van der Waals surface area (Å²) in [5.74, 6) is -0.789. The zero-order chi connectivity index (χ0) is 12.5. The molecule has 2 aromatic rings. The molecule has 0 atom stereocenters. The topological polar surface area (TPSA) is 50.2 Å². The van der Waals surface area contributed by atoms with E-state index < -0.39 is 11.4 Å². The molecule has 0 amide bonds. The lowest BCUT2D eigenvalue weighted by molar-refractivity contribution is -0.138. The Morgan fingerprint density at radius 1 is 1.29 bits per heavy atom. The van der Waals surface area contributed by atoms with Crippen LogP contribution in [-0.4, -0.2) is 16.1 Å². The third-order valence-electron chi connectivity index (χ3n) is 2.96. The van der Waals surface area contributed by atoms with Crippen LogP contribution in [0, 0.1) is 0 Å². The van der Waals surface area contributed by atoms with Crippen LogP contribution >= 0.6 is 0 Å². The van der Waals surface area contributed by atoms with Gasteiger partial charge >= 0.3 is 5.97 Å². The lowest BCUT2D eigenvalue weighted by Crippen LogP contribution is -2.22. The first-order valence-corrected chi connectivity index (χ1v) is 5.57. The molecule has 0 aliphatic heterocycles. The predicted octanol–water partition coefficient (Wildman–Crippen LogP) is 2.99. The second-order valence-electron chi connectivity index (χ2n) is 4.84. The van der Waals surface area contributed by atoms with E-state index in [0.717, 1.165) is 16.5 Å². The number of pyridine rings is 1. The van der Waals surface area contributed by atoms with Gasteiger partial charge in [0.1, 0.15) is 0 Å². The zero-order valence-corrected chi connectivity index (χ0v) is 9.97. The highest BCUT2D eigenvalue weighted by Gasteiger charge is 2.26. The van der Waals surface area contributed by atoms with Gasteiger partial charge < -0.3 is 5.11 Å². The third kappa shape index (κ3) is 2.28. The van der Waals surface area contributed by atoms with Crippen LogP contribution in [0.5, 0.6) is 0 Å². The fourth-order valence-corrected chi connectivity index (χ4v) is 2.12. The molecule has 0 radical (unpaired) electrons. The minimum Gasteiger partial charge on any atom is -0.481 e. The van der Waals surface area contributed by atoms with Gasteiger partial charge in [0, 0.05) is 17.0 Å². The van der Waals surface area contributed by atoms with Crippen molar-refractivity contribution in [1.82, 2.24) is 4.98 Å². The zero-order valence-electron chi connectivity index (χ0n) is 9.97. The van der Waals surface area contributed by atoms with E-state index in [1.165, 1.54) is 0 Å². The van der Waals surface area contributed by atoms with E-state index in [1.54, 1.807) is 6.20 Å². The van der Waals surface area contributed by atoms with E-state index in [2.05, 4.69) is 4.98 Å². The highest BCUT2D eigenvalue weighted by atomic mass is 16.4. The summed E-state index contributed by atoms with van der Waals surface area (Å²) >= 11 is 0. The van der Waals surface area contributed by atoms with Crippen molar-refractivity contribution in [1.29, 1.82) is 0 Å². The normalized spacial score (nSPS) is 11.6. The lowest BCUT2D eigenvalue weighted by atomic mass is 9.80. The molecule has 0 unspecified atom stereocenters. The molecule has 0 saturated carbocycles. The Balaban J connectivity index is 2.58. The smallest absolute Gasteiger partial charge is 0.304 e. The molecule has 0 fully saturated rings. The standard InChI is InChI=1S/C14H15NO2/c1-14(2,9-12(16)17)11-7-3-5-10-6-4-8-15-13(10)11/h3-8H,9H2,1-2H3,(H,16,17). The van der Waals surface area contributed by atoms with E-state index in [4.69, 9.17) is 5.11 Å². The second-order valence-corrected chi connectivity index (χ2v) is 4.84. The monoisotopic (exact) mass is 229 g/mol. The summed E-state index contributed by atoms with van der Waals surface area (Å²) in [6.45, 7) is 3.87. The number of aliphatic carboxylic acids is 1. The molecule has 2 rings (SSSR count). The molecule has 0 spiro atoms. The molecule has 0 aliphatic carbocycles. The van der Waals surface area contributed by atoms with Crippen molar-refractivity contribution in [3.8, 4) is 0 Å². The maximum absolute atomic E-state index is 10.9. The number of carboxylic acids is 1. The quantitative estimate of drug-likeness (QED) is 0.880. The van der Waals surface area contributed by atoms with Gasteiger partial charge in [0.05, 0.1) is 11.9 Å². The Hall–Kier alpha value is -1.90. The molecular weight excluding hydrogens is 214 g/mol. The molecule has 1 aromatic heterocycles. The van der Waals surface area contributed by atoms with Crippen molar-refractivity contribution in [3.63, 3.8) is 0 Å². The van der Waals surface area contributed by atoms with Crippen molar-refractivity contribution in [2.45, 2.75) is 25.7 Å². The molecule has 1 aromatic carbocycles. The fraction of sp³-hybridized carbons (Fsp3) is 0.286. The first-order chi connectivity index (χ1) is 8.00. The number of rotatable bonds is 3. The molecule has 3 heteroatoms. The second kappa shape index (κ2) is 4.17. The number of carboxylic acid groups (broad SMARTS) is 1. The Morgan fingerprint density at radius 2 is 2.00 bits per heavy atom. The van der Waals surface area contributed by atoms with Gasteiger partial charge in [0.25, 0.3) is 0 Å². The predicted molar refractivity (Wildman–Crippen MR) is 67.0 cm³/mol. The number of hydrogen-bond donors (Lipinski definition) is 1. The molecule has 0 bridgehead atoms. The maximum atomic E-state index is 10.9. The van der Waals surface area contributed by atoms with E-state index in [9.17, 15) is 4.79 Å². The highest BCUT2D eigenvalue weighted by molar-refractivity contribution is 5.83. The van der Waals surface area contributed by atoms with E-state index in [0.29, 0.717) is 0 Å². The van der Waals surface area contributed by atoms with Crippen molar-refractivity contribution < 1.29 is 9.90 Å². The summed E-state index contributed by atoms with van der Waals surface area (Å²) in [6.07, 6.45) is 1.84. The summed E-state index contributed by atoms with van der Waals surface area (Å²) in [5, 5.41) is 10.0. The van der Waals surface area contributed by atoms with Gasteiger partial charge in [-0.25, -0.2) is 0 Å². The average Bonchev–Trinajstić information content (AvgIpc) is 2.26. The van der Waals surface area contributed by atoms with Gasteiger partial charge in [-0.1, -0.05) is 38.1 Å². The van der Waals surface area contributed by atoms with Gasteiger partial charge in [-0.3, -0.25) is 9.78 Å². The molecule has 1 heterocycles. The molecule has 0 aliphatic rings. The summed E-state index contributed by atoms with van der Waals surface area (Å²) in [7, 11) is 0. The summed E-state index contributed by atoms with van der Waals surface area (Å²) < 4.78 is 0. The van der Waals surface area contributed by atoms with Gasteiger partial charge in [-0.05, 0) is 11.6 Å².